The number of nitrogens with one attached hydrogen (secondary N) is 1. The van der Waals surface area contributed by atoms with Crippen LogP contribution in [0.1, 0.15) is 5.69 Å². The van der Waals surface area contributed by atoms with E-state index in [9.17, 15) is 9.59 Å². The van der Waals surface area contributed by atoms with Gasteiger partial charge in [0.05, 0.1) is 5.69 Å². The van der Waals surface area contributed by atoms with Crippen LogP contribution in [0.4, 0.5) is 0 Å². The number of rotatable bonds is 3. The zero-order chi connectivity index (χ0) is 8.27. The number of carbonyl (C=O) groups is 1. The number of H-pyrrole nitrogens is 1. The van der Waals surface area contributed by atoms with Gasteiger partial charge in [0.1, 0.15) is 6.61 Å². The fourth-order valence-electron chi connectivity index (χ4n) is 0.727. The Kier molecular flexibility index (Phi) is 2.10. The fourth-order valence-corrected chi connectivity index (χ4v) is 0.727. The number of aromatic nitrogens is 2. The first-order valence-corrected chi connectivity index (χ1v) is 3.04. The molecule has 0 aliphatic rings. The van der Waals surface area contributed by atoms with Gasteiger partial charge in [-0.3, -0.25) is 9.36 Å². The summed E-state index contributed by atoms with van der Waals surface area (Å²) in [7, 11) is 1.60. The first-order valence-electron chi connectivity index (χ1n) is 3.04. The van der Waals surface area contributed by atoms with Gasteiger partial charge < -0.3 is 9.72 Å². The Bertz CT molecular complexity index is 299. The van der Waals surface area contributed by atoms with E-state index in [1.54, 1.807) is 7.05 Å². The summed E-state index contributed by atoms with van der Waals surface area (Å²) in [4.78, 5) is 23.0. The van der Waals surface area contributed by atoms with Gasteiger partial charge in [-0.25, -0.2) is 4.79 Å². The third kappa shape index (κ3) is 1.49. The molecule has 5 nitrogen and oxygen atoms in total. The van der Waals surface area contributed by atoms with Crippen LogP contribution >= 0.6 is 0 Å². The zero-order valence-electron chi connectivity index (χ0n) is 6.03. The lowest BCUT2D eigenvalue weighted by molar-refractivity contribution is -0.129. The molecule has 11 heavy (non-hydrogen) atoms. The SMILES string of the molecule is Cn1c(COC=O)c[nH]c1=O. The van der Waals surface area contributed by atoms with Gasteiger partial charge in [-0.1, -0.05) is 0 Å². The van der Waals surface area contributed by atoms with Gasteiger partial charge >= 0.3 is 5.69 Å². The molecule has 1 rings (SSSR count). The molecule has 0 amide bonds. The Balaban J connectivity index is 2.78. The monoisotopic (exact) mass is 156 g/mol. The van der Waals surface area contributed by atoms with Gasteiger partial charge in [-0.05, 0) is 0 Å². The minimum Gasteiger partial charge on any atom is -0.461 e. The number of carbonyl (C=O) groups excluding carboxylic acids is 1. The van der Waals surface area contributed by atoms with E-state index in [0.29, 0.717) is 12.2 Å². The summed E-state index contributed by atoms with van der Waals surface area (Å²) < 4.78 is 5.83. The molecule has 0 bridgehead atoms. The van der Waals surface area contributed by atoms with E-state index in [-0.39, 0.29) is 12.3 Å². The number of imidazole rings is 1. The first kappa shape index (κ1) is 7.59. The van der Waals surface area contributed by atoms with E-state index in [4.69, 9.17) is 0 Å². The van der Waals surface area contributed by atoms with Crippen molar-refractivity contribution in [2.45, 2.75) is 6.61 Å². The van der Waals surface area contributed by atoms with Crippen molar-refractivity contribution in [3.05, 3.63) is 22.4 Å². The molecular weight excluding hydrogens is 148 g/mol. The predicted molar refractivity (Wildman–Crippen MR) is 36.9 cm³/mol. The Hall–Kier alpha value is -1.52. The maximum atomic E-state index is 10.8. The molecule has 1 N–H and O–H groups in total. The van der Waals surface area contributed by atoms with Gasteiger partial charge in [-0.15, -0.1) is 0 Å². The normalized spacial score (nSPS) is 9.55. The number of nitrogens with zero attached hydrogens (tertiary/aromatic N) is 1. The van der Waals surface area contributed by atoms with Crippen molar-refractivity contribution in [2.24, 2.45) is 7.05 Å². The molecule has 0 unspecified atom stereocenters. The van der Waals surface area contributed by atoms with Crippen LogP contribution in [-0.2, 0) is 23.2 Å². The third-order valence-electron chi connectivity index (χ3n) is 1.40. The molecule has 1 aromatic heterocycles. The van der Waals surface area contributed by atoms with E-state index >= 15 is 0 Å². The van der Waals surface area contributed by atoms with Crippen molar-refractivity contribution in [3.63, 3.8) is 0 Å². The van der Waals surface area contributed by atoms with Gasteiger partial charge in [0, 0.05) is 13.2 Å². The molecule has 5 heteroatoms. The van der Waals surface area contributed by atoms with Crippen molar-refractivity contribution < 1.29 is 9.53 Å². The van der Waals surface area contributed by atoms with E-state index < -0.39 is 0 Å². The highest BCUT2D eigenvalue weighted by Gasteiger charge is 2.00. The number of aromatic amines is 1. The highest BCUT2D eigenvalue weighted by atomic mass is 16.5. The van der Waals surface area contributed by atoms with Gasteiger partial charge in [0.2, 0.25) is 0 Å². The summed E-state index contributed by atoms with van der Waals surface area (Å²) in [5, 5.41) is 0. The van der Waals surface area contributed by atoms with Gasteiger partial charge in [0.25, 0.3) is 6.47 Å². The lowest BCUT2D eigenvalue weighted by Gasteiger charge is -1.97. The lowest BCUT2D eigenvalue weighted by atomic mass is 10.5. The van der Waals surface area contributed by atoms with Crippen LogP contribution in [0.25, 0.3) is 0 Å². The number of ether oxygens (including phenoxy) is 1. The second-order valence-corrected chi connectivity index (χ2v) is 2.05. The maximum absolute atomic E-state index is 10.8. The van der Waals surface area contributed by atoms with Gasteiger partial charge in [0.15, 0.2) is 0 Å². The second kappa shape index (κ2) is 3.05. The smallest absolute Gasteiger partial charge is 0.325 e. The maximum Gasteiger partial charge on any atom is 0.325 e. The minimum atomic E-state index is -0.213. The van der Waals surface area contributed by atoms with Crippen molar-refractivity contribution in [1.82, 2.24) is 9.55 Å². The summed E-state index contributed by atoms with van der Waals surface area (Å²) in [5.74, 6) is 0. The summed E-state index contributed by atoms with van der Waals surface area (Å²) in [6.07, 6.45) is 1.51. The van der Waals surface area contributed by atoms with Crippen LogP contribution in [0.15, 0.2) is 11.0 Å². The summed E-state index contributed by atoms with van der Waals surface area (Å²) in [6, 6.07) is 0. The molecule has 1 heterocycles. The minimum absolute atomic E-state index is 0.124. The molecule has 0 aromatic carbocycles. The molecule has 0 saturated carbocycles. The average molecular weight is 156 g/mol. The zero-order valence-corrected chi connectivity index (χ0v) is 6.03. The lowest BCUT2D eigenvalue weighted by Crippen LogP contribution is -2.14. The van der Waals surface area contributed by atoms with Crippen molar-refractivity contribution in [1.29, 1.82) is 0 Å². The van der Waals surface area contributed by atoms with Crippen LogP contribution in [0.3, 0.4) is 0 Å². The molecule has 0 fully saturated rings. The molecule has 0 aliphatic heterocycles. The second-order valence-electron chi connectivity index (χ2n) is 2.05. The highest BCUT2D eigenvalue weighted by Crippen LogP contribution is 1.92. The molecule has 0 saturated heterocycles. The summed E-state index contributed by atoms with van der Waals surface area (Å²) >= 11 is 0. The van der Waals surface area contributed by atoms with E-state index in [2.05, 4.69) is 9.72 Å². The Labute approximate surface area is 62.6 Å². The largest absolute Gasteiger partial charge is 0.461 e. The Morgan fingerprint density at radius 3 is 3.00 bits per heavy atom. The molecule has 0 radical (unpaired) electrons. The molecule has 60 valence electrons. The fraction of sp³-hybridized carbons (Fsp3) is 0.333. The van der Waals surface area contributed by atoms with Crippen LogP contribution in [-0.4, -0.2) is 16.0 Å². The standard InChI is InChI=1S/C6H8N2O3/c1-8-5(3-11-4-9)2-7-6(8)10/h2,4H,3H2,1H3,(H,7,10). The topological polar surface area (TPSA) is 64.1 Å². The van der Waals surface area contributed by atoms with Gasteiger partial charge in [-0.2, -0.15) is 0 Å². The van der Waals surface area contributed by atoms with Crippen LogP contribution in [0, 0.1) is 0 Å². The number of hydrogen-bond acceptors (Lipinski definition) is 3. The molecule has 0 aliphatic carbocycles. The van der Waals surface area contributed by atoms with Crippen molar-refractivity contribution >= 4 is 6.47 Å². The van der Waals surface area contributed by atoms with Crippen molar-refractivity contribution in [2.75, 3.05) is 0 Å². The highest BCUT2D eigenvalue weighted by molar-refractivity contribution is 5.37. The third-order valence-corrected chi connectivity index (χ3v) is 1.40. The summed E-state index contributed by atoms with van der Waals surface area (Å²) in [5.41, 5.74) is 0.427. The molecular formula is C6H8N2O3. The molecule has 1 aromatic rings. The number of hydrogen-bond donors (Lipinski definition) is 1. The Morgan fingerprint density at radius 1 is 1.82 bits per heavy atom. The van der Waals surface area contributed by atoms with E-state index in [0.717, 1.165) is 0 Å². The first-order chi connectivity index (χ1) is 5.25. The average Bonchev–Trinajstić information content (AvgIpc) is 2.31. The van der Waals surface area contributed by atoms with E-state index in [1.807, 2.05) is 0 Å². The Morgan fingerprint density at radius 2 is 2.55 bits per heavy atom. The van der Waals surface area contributed by atoms with Crippen LogP contribution < -0.4 is 5.69 Å². The summed E-state index contributed by atoms with van der Waals surface area (Å²) in [6.45, 7) is 0.468. The molecule has 0 spiro atoms. The predicted octanol–water partition coefficient (Wildman–Crippen LogP) is -0.614. The van der Waals surface area contributed by atoms with Crippen molar-refractivity contribution in [3.8, 4) is 0 Å². The van der Waals surface area contributed by atoms with Crippen LogP contribution in [0.5, 0.6) is 0 Å². The molecule has 0 atom stereocenters. The van der Waals surface area contributed by atoms with Crippen LogP contribution in [0.2, 0.25) is 0 Å². The van der Waals surface area contributed by atoms with E-state index in [1.165, 1.54) is 10.8 Å². The quantitative estimate of drug-likeness (QED) is 0.593.